The molecule has 0 saturated heterocycles. The molecule has 1 aliphatic heterocycles. The first-order valence-electron chi connectivity index (χ1n) is 5.11. The first-order valence-corrected chi connectivity index (χ1v) is 5.11. The summed E-state index contributed by atoms with van der Waals surface area (Å²) in [7, 11) is 1.95. The standard InChI is InChI=1S/C12H15NO2/c1-13-7-3-2-4-10-5-6-11-12(8-10)15-9-14-11/h2,4-6,8,13H,3,7,9H2,1H3. The molecule has 1 N–H and O–H groups in total. The molecule has 0 aromatic heterocycles. The summed E-state index contributed by atoms with van der Waals surface area (Å²) in [6, 6.07) is 5.97. The number of hydrogen-bond acceptors (Lipinski definition) is 3. The Kier molecular flexibility index (Phi) is 3.25. The third-order valence-corrected chi connectivity index (χ3v) is 2.27. The summed E-state index contributed by atoms with van der Waals surface area (Å²) >= 11 is 0. The maximum atomic E-state index is 5.30. The molecule has 0 amide bonds. The van der Waals surface area contributed by atoms with Crippen LogP contribution in [0.1, 0.15) is 12.0 Å². The van der Waals surface area contributed by atoms with Gasteiger partial charge in [0.2, 0.25) is 6.79 Å². The SMILES string of the molecule is CNCCC=Cc1ccc2c(c1)OCO2. The molecule has 0 saturated carbocycles. The number of hydrogen-bond donors (Lipinski definition) is 1. The molecule has 3 heteroatoms. The molecule has 0 bridgehead atoms. The molecular formula is C12H15NO2. The summed E-state index contributed by atoms with van der Waals surface area (Å²) in [4.78, 5) is 0. The molecule has 2 rings (SSSR count). The Morgan fingerprint density at radius 3 is 3.07 bits per heavy atom. The van der Waals surface area contributed by atoms with Crippen molar-refractivity contribution in [2.75, 3.05) is 20.4 Å². The highest BCUT2D eigenvalue weighted by atomic mass is 16.7. The average Bonchev–Trinajstić information content (AvgIpc) is 2.71. The van der Waals surface area contributed by atoms with E-state index in [2.05, 4.69) is 17.5 Å². The Bertz CT molecular complexity index is 361. The molecule has 0 fully saturated rings. The van der Waals surface area contributed by atoms with Crippen LogP contribution in [0.25, 0.3) is 6.08 Å². The van der Waals surface area contributed by atoms with Gasteiger partial charge < -0.3 is 14.8 Å². The van der Waals surface area contributed by atoms with Crippen molar-refractivity contribution in [3.63, 3.8) is 0 Å². The van der Waals surface area contributed by atoms with E-state index in [1.807, 2.05) is 25.2 Å². The quantitative estimate of drug-likeness (QED) is 0.763. The number of rotatable bonds is 4. The predicted molar refractivity (Wildman–Crippen MR) is 60.1 cm³/mol. The Labute approximate surface area is 89.7 Å². The smallest absolute Gasteiger partial charge is 0.231 e. The normalized spacial score (nSPS) is 13.7. The van der Waals surface area contributed by atoms with Crippen molar-refractivity contribution in [2.24, 2.45) is 0 Å². The molecule has 15 heavy (non-hydrogen) atoms. The van der Waals surface area contributed by atoms with E-state index in [4.69, 9.17) is 9.47 Å². The minimum Gasteiger partial charge on any atom is -0.454 e. The van der Waals surface area contributed by atoms with Crippen molar-refractivity contribution >= 4 is 6.08 Å². The summed E-state index contributed by atoms with van der Waals surface area (Å²) in [5.41, 5.74) is 1.15. The zero-order valence-corrected chi connectivity index (χ0v) is 8.82. The number of nitrogens with one attached hydrogen (secondary N) is 1. The lowest BCUT2D eigenvalue weighted by Gasteiger charge is -1.97. The molecule has 1 aliphatic rings. The number of fused-ring (bicyclic) bond motifs is 1. The van der Waals surface area contributed by atoms with Gasteiger partial charge in [-0.05, 0) is 37.7 Å². The second kappa shape index (κ2) is 4.84. The maximum Gasteiger partial charge on any atom is 0.231 e. The van der Waals surface area contributed by atoms with Crippen LogP contribution < -0.4 is 14.8 Å². The fourth-order valence-corrected chi connectivity index (χ4v) is 1.46. The monoisotopic (exact) mass is 205 g/mol. The van der Waals surface area contributed by atoms with E-state index in [1.54, 1.807) is 0 Å². The first-order chi connectivity index (χ1) is 7.40. The van der Waals surface area contributed by atoms with Crippen LogP contribution in [0.5, 0.6) is 11.5 Å². The summed E-state index contributed by atoms with van der Waals surface area (Å²) in [6.07, 6.45) is 5.28. The van der Waals surface area contributed by atoms with Gasteiger partial charge in [-0.25, -0.2) is 0 Å². The van der Waals surface area contributed by atoms with E-state index < -0.39 is 0 Å². The molecule has 0 unspecified atom stereocenters. The Hall–Kier alpha value is -1.48. The van der Waals surface area contributed by atoms with Crippen molar-refractivity contribution in [1.29, 1.82) is 0 Å². The first kappa shape index (κ1) is 10.1. The molecular weight excluding hydrogens is 190 g/mol. The van der Waals surface area contributed by atoms with Crippen LogP contribution in [0.15, 0.2) is 24.3 Å². The molecule has 0 atom stereocenters. The number of ether oxygens (including phenoxy) is 2. The third kappa shape index (κ3) is 2.50. The predicted octanol–water partition coefficient (Wildman–Crippen LogP) is 2.04. The minimum absolute atomic E-state index is 0.336. The fourth-order valence-electron chi connectivity index (χ4n) is 1.46. The van der Waals surface area contributed by atoms with E-state index in [-0.39, 0.29) is 0 Å². The van der Waals surface area contributed by atoms with Crippen LogP contribution in [-0.4, -0.2) is 20.4 Å². The topological polar surface area (TPSA) is 30.5 Å². The minimum atomic E-state index is 0.336. The van der Waals surface area contributed by atoms with Crippen molar-refractivity contribution in [2.45, 2.75) is 6.42 Å². The van der Waals surface area contributed by atoms with Gasteiger partial charge in [-0.1, -0.05) is 18.2 Å². The van der Waals surface area contributed by atoms with Crippen LogP contribution in [0, 0.1) is 0 Å². The highest BCUT2D eigenvalue weighted by Gasteiger charge is 2.11. The van der Waals surface area contributed by atoms with Crippen molar-refractivity contribution < 1.29 is 9.47 Å². The molecule has 0 spiro atoms. The van der Waals surface area contributed by atoms with E-state index in [0.29, 0.717) is 6.79 Å². The van der Waals surface area contributed by atoms with E-state index in [1.165, 1.54) is 0 Å². The lowest BCUT2D eigenvalue weighted by atomic mass is 10.2. The van der Waals surface area contributed by atoms with Crippen LogP contribution in [0.4, 0.5) is 0 Å². The molecule has 1 heterocycles. The van der Waals surface area contributed by atoms with Crippen molar-refractivity contribution in [3.8, 4) is 11.5 Å². The highest BCUT2D eigenvalue weighted by Crippen LogP contribution is 2.32. The second-order valence-electron chi connectivity index (χ2n) is 3.41. The Balaban J connectivity index is 2.00. The molecule has 1 aromatic rings. The van der Waals surface area contributed by atoms with Gasteiger partial charge in [-0.15, -0.1) is 0 Å². The summed E-state index contributed by atoms with van der Waals surface area (Å²) in [5, 5.41) is 3.10. The Morgan fingerprint density at radius 2 is 2.20 bits per heavy atom. The third-order valence-electron chi connectivity index (χ3n) is 2.27. The highest BCUT2D eigenvalue weighted by molar-refractivity contribution is 5.56. The van der Waals surface area contributed by atoms with Crippen LogP contribution >= 0.6 is 0 Å². The van der Waals surface area contributed by atoms with Gasteiger partial charge >= 0.3 is 0 Å². The second-order valence-corrected chi connectivity index (χ2v) is 3.41. The Morgan fingerprint density at radius 1 is 1.33 bits per heavy atom. The van der Waals surface area contributed by atoms with Gasteiger partial charge in [-0.3, -0.25) is 0 Å². The van der Waals surface area contributed by atoms with Crippen molar-refractivity contribution in [1.82, 2.24) is 5.32 Å². The molecule has 3 nitrogen and oxygen atoms in total. The van der Waals surface area contributed by atoms with Gasteiger partial charge in [0.25, 0.3) is 0 Å². The van der Waals surface area contributed by atoms with Crippen LogP contribution in [0.2, 0.25) is 0 Å². The lowest BCUT2D eigenvalue weighted by molar-refractivity contribution is 0.174. The van der Waals surface area contributed by atoms with E-state index in [9.17, 15) is 0 Å². The molecule has 1 aromatic carbocycles. The summed E-state index contributed by atoms with van der Waals surface area (Å²) in [6.45, 7) is 1.34. The van der Waals surface area contributed by atoms with Crippen molar-refractivity contribution in [3.05, 3.63) is 29.8 Å². The largest absolute Gasteiger partial charge is 0.454 e. The zero-order chi connectivity index (χ0) is 10.5. The zero-order valence-electron chi connectivity index (χ0n) is 8.82. The molecule has 0 aliphatic carbocycles. The van der Waals surface area contributed by atoms with E-state index >= 15 is 0 Å². The molecule has 0 radical (unpaired) electrons. The van der Waals surface area contributed by atoms with Crippen LogP contribution in [-0.2, 0) is 0 Å². The average molecular weight is 205 g/mol. The summed E-state index contributed by atoms with van der Waals surface area (Å²) in [5.74, 6) is 1.67. The fraction of sp³-hybridized carbons (Fsp3) is 0.333. The van der Waals surface area contributed by atoms with E-state index in [0.717, 1.165) is 30.0 Å². The number of benzene rings is 1. The van der Waals surface area contributed by atoms with Gasteiger partial charge in [0.1, 0.15) is 0 Å². The van der Waals surface area contributed by atoms with Crippen LogP contribution in [0.3, 0.4) is 0 Å². The van der Waals surface area contributed by atoms with Gasteiger partial charge in [0.05, 0.1) is 0 Å². The van der Waals surface area contributed by atoms with Gasteiger partial charge in [0, 0.05) is 0 Å². The van der Waals surface area contributed by atoms with Gasteiger partial charge in [0.15, 0.2) is 11.5 Å². The molecule has 80 valence electrons. The lowest BCUT2D eigenvalue weighted by Crippen LogP contribution is -2.05. The van der Waals surface area contributed by atoms with Gasteiger partial charge in [-0.2, -0.15) is 0 Å². The maximum absolute atomic E-state index is 5.30. The summed E-state index contributed by atoms with van der Waals surface area (Å²) < 4.78 is 10.5.